The summed E-state index contributed by atoms with van der Waals surface area (Å²) in [6.07, 6.45) is -12.4. The van der Waals surface area contributed by atoms with Crippen molar-refractivity contribution in [1.29, 1.82) is 0 Å². The van der Waals surface area contributed by atoms with Crippen LogP contribution in [0.4, 0.5) is 26.3 Å². The normalized spacial score (nSPS) is 16.9. The van der Waals surface area contributed by atoms with E-state index in [9.17, 15) is 41.0 Å². The number of ether oxygens (including phenoxy) is 2. The molecule has 0 spiro atoms. The molecule has 0 radical (unpaired) electrons. The van der Waals surface area contributed by atoms with Crippen molar-refractivity contribution in [2.45, 2.75) is 32.1 Å². The van der Waals surface area contributed by atoms with Crippen molar-refractivity contribution in [2.75, 3.05) is 7.11 Å². The summed E-state index contributed by atoms with van der Waals surface area (Å²) >= 11 is 0.183. The van der Waals surface area contributed by atoms with Crippen LogP contribution in [-0.4, -0.2) is 42.0 Å². The van der Waals surface area contributed by atoms with Gasteiger partial charge in [-0.25, -0.2) is 4.39 Å². The standard InChI is InChI=1S/C19H13F6NO5S/c1-7-8(5-12(27)28)14-10(26-7)6-9(20)17(30-2)15(14)16(29)11-3-4-13(32-11)31-19(24,25)18(21,22)23/h3-4H,5-6H2,1-2H3,(H,27,28). The summed E-state index contributed by atoms with van der Waals surface area (Å²) in [5, 5.41) is 8.28. The zero-order valence-electron chi connectivity index (χ0n) is 16.3. The predicted molar refractivity (Wildman–Crippen MR) is 99.5 cm³/mol. The number of nitrogens with zero attached hydrogens (tertiary/aromatic N) is 1. The highest BCUT2D eigenvalue weighted by Crippen LogP contribution is 2.43. The van der Waals surface area contributed by atoms with Crippen molar-refractivity contribution in [1.82, 2.24) is 0 Å². The smallest absolute Gasteiger partial charge is 0.493 e. The Balaban J connectivity index is 2.07. The van der Waals surface area contributed by atoms with E-state index in [1.807, 2.05) is 0 Å². The summed E-state index contributed by atoms with van der Waals surface area (Å²) < 4.78 is 86.7. The van der Waals surface area contributed by atoms with Crippen LogP contribution in [0.2, 0.25) is 0 Å². The molecule has 0 aromatic carbocycles. The summed E-state index contributed by atoms with van der Waals surface area (Å²) in [5.74, 6) is -3.60. The molecule has 1 aliphatic carbocycles. The third-order valence-electron chi connectivity index (χ3n) is 4.50. The average Bonchev–Trinajstić information content (AvgIpc) is 3.23. The van der Waals surface area contributed by atoms with Crippen LogP contribution >= 0.6 is 11.3 Å². The fourth-order valence-electron chi connectivity index (χ4n) is 3.18. The Morgan fingerprint density at radius 1 is 1.22 bits per heavy atom. The van der Waals surface area contributed by atoms with Crippen LogP contribution in [-0.2, 0) is 9.53 Å². The Morgan fingerprint density at radius 2 is 1.88 bits per heavy atom. The number of carbonyl (C=O) groups is 2. The molecule has 1 aromatic rings. The number of carboxylic acid groups (broad SMARTS) is 1. The van der Waals surface area contributed by atoms with Crippen LogP contribution in [0.15, 0.2) is 51.1 Å². The van der Waals surface area contributed by atoms with Gasteiger partial charge in [-0.15, -0.1) is 0 Å². The van der Waals surface area contributed by atoms with E-state index < -0.39 is 52.7 Å². The van der Waals surface area contributed by atoms with Crippen LogP contribution in [0.5, 0.6) is 5.06 Å². The minimum absolute atomic E-state index is 0.0321. The molecule has 1 aromatic heterocycles. The number of aliphatic carboxylic acids is 1. The topological polar surface area (TPSA) is 85.2 Å². The molecule has 0 fully saturated rings. The molecule has 13 heteroatoms. The minimum atomic E-state index is -5.98. The Labute approximate surface area is 180 Å². The van der Waals surface area contributed by atoms with Gasteiger partial charge in [0.1, 0.15) is 5.83 Å². The molecule has 2 aliphatic rings. The highest BCUT2D eigenvalue weighted by Gasteiger charge is 2.61. The first-order chi connectivity index (χ1) is 14.8. The van der Waals surface area contributed by atoms with Crippen molar-refractivity contribution >= 4 is 28.8 Å². The zero-order valence-corrected chi connectivity index (χ0v) is 17.1. The molecule has 0 bridgehead atoms. The van der Waals surface area contributed by atoms with E-state index in [4.69, 9.17) is 4.74 Å². The number of carbonyl (C=O) groups excluding carboxylic acids is 1. The molecule has 1 aliphatic heterocycles. The molecule has 32 heavy (non-hydrogen) atoms. The lowest BCUT2D eigenvalue weighted by molar-refractivity contribution is -0.359. The number of rotatable bonds is 7. The van der Waals surface area contributed by atoms with Gasteiger partial charge in [0, 0.05) is 17.7 Å². The number of hydrogen-bond acceptors (Lipinski definition) is 6. The van der Waals surface area contributed by atoms with E-state index in [2.05, 4.69) is 9.73 Å². The van der Waals surface area contributed by atoms with Crippen LogP contribution in [0, 0.1) is 0 Å². The number of alkyl halides is 5. The van der Waals surface area contributed by atoms with Crippen molar-refractivity contribution in [3.63, 3.8) is 0 Å². The predicted octanol–water partition coefficient (Wildman–Crippen LogP) is 5.20. The molecule has 0 saturated heterocycles. The fourth-order valence-corrected chi connectivity index (χ4v) is 4.01. The number of fused-ring (bicyclic) bond motifs is 1. The second kappa shape index (κ2) is 8.11. The van der Waals surface area contributed by atoms with Gasteiger partial charge in [-0.3, -0.25) is 14.6 Å². The van der Waals surface area contributed by atoms with Crippen LogP contribution < -0.4 is 4.74 Å². The highest BCUT2D eigenvalue weighted by atomic mass is 32.1. The van der Waals surface area contributed by atoms with Gasteiger partial charge in [0.2, 0.25) is 5.78 Å². The first-order valence-corrected chi connectivity index (χ1v) is 9.53. The summed E-state index contributed by atoms with van der Waals surface area (Å²) in [6, 6.07) is 1.67. The molecule has 0 saturated carbocycles. The maximum Gasteiger partial charge on any atom is 0.499 e. The maximum atomic E-state index is 14.6. The number of Topliss-reactive ketones (excluding diaryl/α,β-unsaturated/α-hetero) is 1. The van der Waals surface area contributed by atoms with Crippen molar-refractivity contribution in [3.05, 3.63) is 51.0 Å². The first-order valence-electron chi connectivity index (χ1n) is 8.72. The van der Waals surface area contributed by atoms with Crippen molar-refractivity contribution < 1.29 is 50.5 Å². The summed E-state index contributed by atoms with van der Waals surface area (Å²) in [6.45, 7) is 1.47. The molecule has 2 heterocycles. The van der Waals surface area contributed by atoms with Crippen LogP contribution in [0.1, 0.15) is 29.4 Å². The monoisotopic (exact) mass is 481 g/mol. The van der Waals surface area contributed by atoms with Crippen LogP contribution in [0.3, 0.4) is 0 Å². The molecular formula is C19H13F6NO5S. The van der Waals surface area contributed by atoms with Gasteiger partial charge >= 0.3 is 18.3 Å². The lowest BCUT2D eigenvalue weighted by Gasteiger charge is -2.21. The molecule has 0 unspecified atom stereocenters. The average molecular weight is 481 g/mol. The Morgan fingerprint density at radius 3 is 2.44 bits per heavy atom. The number of methoxy groups -OCH3 is 1. The molecule has 1 N–H and O–H groups in total. The third-order valence-corrected chi connectivity index (χ3v) is 5.46. The fraction of sp³-hybridized carbons (Fsp3) is 0.316. The number of allylic oxidation sites excluding steroid dienone is 4. The summed E-state index contributed by atoms with van der Waals surface area (Å²) in [4.78, 5) is 28.2. The van der Waals surface area contributed by atoms with Gasteiger partial charge < -0.3 is 14.6 Å². The molecule has 6 nitrogen and oxygen atoms in total. The van der Waals surface area contributed by atoms with Gasteiger partial charge in [0.15, 0.2) is 10.8 Å². The lowest BCUT2D eigenvalue weighted by Crippen LogP contribution is -2.41. The van der Waals surface area contributed by atoms with Crippen molar-refractivity contribution in [3.8, 4) is 5.06 Å². The first kappa shape index (κ1) is 23.6. The van der Waals surface area contributed by atoms with Gasteiger partial charge in [-0.1, -0.05) is 11.3 Å². The summed E-state index contributed by atoms with van der Waals surface area (Å²) in [5.41, 5.74) is 0.0863. The van der Waals surface area contributed by atoms with E-state index >= 15 is 0 Å². The molecule has 0 atom stereocenters. The number of hydrogen-bond donors (Lipinski definition) is 1. The maximum absolute atomic E-state index is 14.6. The van der Waals surface area contributed by atoms with E-state index in [1.165, 1.54) is 6.92 Å². The number of thiophene rings is 1. The molecule has 3 rings (SSSR count). The lowest BCUT2D eigenvalue weighted by atomic mass is 9.85. The minimum Gasteiger partial charge on any atom is -0.493 e. The largest absolute Gasteiger partial charge is 0.499 e. The Bertz CT molecular complexity index is 1130. The van der Waals surface area contributed by atoms with Gasteiger partial charge in [0.05, 0.1) is 29.7 Å². The van der Waals surface area contributed by atoms with Gasteiger partial charge in [0.25, 0.3) is 0 Å². The quantitative estimate of drug-likeness (QED) is 0.428. The number of ketones is 1. The van der Waals surface area contributed by atoms with Gasteiger partial charge in [-0.2, -0.15) is 22.0 Å². The highest BCUT2D eigenvalue weighted by molar-refractivity contribution is 7.16. The molecular weight excluding hydrogens is 468 g/mol. The van der Waals surface area contributed by atoms with E-state index in [-0.39, 0.29) is 45.2 Å². The van der Waals surface area contributed by atoms with E-state index in [0.29, 0.717) is 0 Å². The second-order valence-corrected chi connectivity index (χ2v) is 7.67. The Hall–Kier alpha value is -3.09. The van der Waals surface area contributed by atoms with E-state index in [0.717, 1.165) is 19.2 Å². The molecule has 172 valence electrons. The second-order valence-electron chi connectivity index (χ2n) is 6.62. The third kappa shape index (κ3) is 4.16. The SMILES string of the molecule is COC1=C(F)CC2=NC(C)=C(CC(=O)O)C2=C1C(=O)c1ccc(OC(F)(F)C(F)(F)F)s1. The molecule has 0 amide bonds. The van der Waals surface area contributed by atoms with Gasteiger partial charge in [-0.05, 0) is 24.6 Å². The number of halogens is 6. The zero-order chi connectivity index (χ0) is 24.0. The van der Waals surface area contributed by atoms with Crippen LogP contribution in [0.25, 0.3) is 0 Å². The van der Waals surface area contributed by atoms with E-state index in [1.54, 1.807) is 0 Å². The number of carboxylic acids is 1. The number of aliphatic imine (C=N–C) groups is 1. The van der Waals surface area contributed by atoms with Crippen molar-refractivity contribution in [2.24, 2.45) is 4.99 Å². The summed E-state index contributed by atoms with van der Waals surface area (Å²) in [7, 11) is 1.07. The Kier molecular flexibility index (Phi) is 5.98.